The molecule has 0 aliphatic carbocycles. The Hall–Kier alpha value is -3.74. The molecule has 0 bridgehead atoms. The van der Waals surface area contributed by atoms with E-state index in [0.29, 0.717) is 36.8 Å². The van der Waals surface area contributed by atoms with Gasteiger partial charge in [0.25, 0.3) is 0 Å². The monoisotopic (exact) mass is 449 g/mol. The van der Waals surface area contributed by atoms with Gasteiger partial charge < -0.3 is 24.3 Å². The highest BCUT2D eigenvalue weighted by atomic mass is 16.5. The minimum atomic E-state index is -0.327. The lowest BCUT2D eigenvalue weighted by Crippen LogP contribution is -2.44. The molecule has 174 valence electrons. The van der Waals surface area contributed by atoms with Gasteiger partial charge in [0.15, 0.2) is 0 Å². The molecule has 2 aromatic carbocycles. The van der Waals surface area contributed by atoms with E-state index in [1.54, 1.807) is 36.3 Å². The molecule has 0 aliphatic rings. The van der Waals surface area contributed by atoms with Crippen molar-refractivity contribution in [2.24, 2.45) is 0 Å². The summed E-state index contributed by atoms with van der Waals surface area (Å²) in [6, 6.07) is 20.4. The molecule has 0 fully saturated rings. The van der Waals surface area contributed by atoms with Crippen LogP contribution in [0.15, 0.2) is 71.1 Å². The van der Waals surface area contributed by atoms with Crippen molar-refractivity contribution in [3.8, 4) is 5.75 Å². The summed E-state index contributed by atoms with van der Waals surface area (Å²) in [5.74, 6) is 2.00. The molecule has 0 saturated heterocycles. The molecule has 3 amide bonds. The van der Waals surface area contributed by atoms with Crippen LogP contribution >= 0.6 is 0 Å². The van der Waals surface area contributed by atoms with Crippen molar-refractivity contribution in [1.29, 1.82) is 0 Å². The predicted octanol–water partition coefficient (Wildman–Crippen LogP) is 5.07. The number of carbonyl (C=O) groups is 2. The summed E-state index contributed by atoms with van der Waals surface area (Å²) in [6.45, 7) is 5.04. The number of carbonyl (C=O) groups excluding carboxylic acids is 2. The van der Waals surface area contributed by atoms with Gasteiger partial charge in [-0.2, -0.15) is 0 Å². The standard InChI is InChI=1S/C26H31N3O4/c1-4-15-28(26(31)27-22-11-8-12-23(16-22)32-3)19-25(30)29(17-21-9-6-5-7-10-21)18-24-14-13-20(2)33-24/h5-14,16H,4,15,17-19H2,1-3H3,(H,27,31). The number of nitrogens with zero attached hydrogens (tertiary/aromatic N) is 2. The van der Waals surface area contributed by atoms with E-state index in [1.807, 2.05) is 56.3 Å². The number of methoxy groups -OCH3 is 1. The number of rotatable bonds is 10. The molecule has 3 aromatic rings. The fourth-order valence-corrected chi connectivity index (χ4v) is 3.48. The molecule has 1 N–H and O–H groups in total. The lowest BCUT2D eigenvalue weighted by atomic mass is 10.2. The molecule has 0 atom stereocenters. The molecular weight excluding hydrogens is 418 g/mol. The van der Waals surface area contributed by atoms with Crippen molar-refractivity contribution in [3.05, 3.63) is 83.8 Å². The Balaban J connectivity index is 1.73. The average Bonchev–Trinajstić information content (AvgIpc) is 3.23. The molecule has 0 saturated carbocycles. The highest BCUT2D eigenvalue weighted by molar-refractivity contribution is 5.92. The van der Waals surface area contributed by atoms with Gasteiger partial charge in [-0.25, -0.2) is 4.79 Å². The number of aryl methyl sites for hydroxylation is 1. The number of hydrogen-bond acceptors (Lipinski definition) is 4. The number of anilines is 1. The fourth-order valence-electron chi connectivity index (χ4n) is 3.48. The molecule has 1 aromatic heterocycles. The van der Waals surface area contributed by atoms with Crippen LogP contribution in [0.25, 0.3) is 0 Å². The van der Waals surface area contributed by atoms with E-state index in [0.717, 1.165) is 17.7 Å². The first-order chi connectivity index (χ1) is 16.0. The maximum Gasteiger partial charge on any atom is 0.322 e. The smallest absolute Gasteiger partial charge is 0.322 e. The highest BCUT2D eigenvalue weighted by Crippen LogP contribution is 2.18. The summed E-state index contributed by atoms with van der Waals surface area (Å²) >= 11 is 0. The molecule has 3 rings (SSSR count). The maximum atomic E-state index is 13.3. The van der Waals surface area contributed by atoms with E-state index in [2.05, 4.69) is 5.32 Å². The molecule has 0 radical (unpaired) electrons. The summed E-state index contributed by atoms with van der Waals surface area (Å²) in [7, 11) is 1.57. The van der Waals surface area contributed by atoms with Crippen LogP contribution in [-0.2, 0) is 17.9 Å². The van der Waals surface area contributed by atoms with Crippen LogP contribution < -0.4 is 10.1 Å². The Labute approximate surface area is 194 Å². The number of nitrogens with one attached hydrogen (secondary N) is 1. The minimum absolute atomic E-state index is 0.0316. The molecule has 1 heterocycles. The summed E-state index contributed by atoms with van der Waals surface area (Å²) in [4.78, 5) is 29.6. The third kappa shape index (κ3) is 7.14. The van der Waals surface area contributed by atoms with Gasteiger partial charge >= 0.3 is 6.03 Å². The molecule has 0 unspecified atom stereocenters. The van der Waals surface area contributed by atoms with Crippen molar-refractivity contribution in [2.75, 3.05) is 25.5 Å². The van der Waals surface area contributed by atoms with E-state index in [9.17, 15) is 9.59 Å². The quantitative estimate of drug-likeness (QED) is 0.469. The van der Waals surface area contributed by atoms with E-state index in [1.165, 1.54) is 4.90 Å². The third-order valence-electron chi connectivity index (χ3n) is 5.14. The second kappa shape index (κ2) is 11.8. The average molecular weight is 450 g/mol. The van der Waals surface area contributed by atoms with Crippen LogP contribution in [0.1, 0.15) is 30.4 Å². The van der Waals surface area contributed by atoms with Crippen molar-refractivity contribution in [2.45, 2.75) is 33.4 Å². The van der Waals surface area contributed by atoms with Gasteiger partial charge in [-0.05, 0) is 43.2 Å². The van der Waals surface area contributed by atoms with E-state index in [-0.39, 0.29) is 18.5 Å². The van der Waals surface area contributed by atoms with E-state index < -0.39 is 0 Å². The number of urea groups is 1. The van der Waals surface area contributed by atoms with Crippen molar-refractivity contribution >= 4 is 17.6 Å². The van der Waals surface area contributed by atoms with Crippen LogP contribution in [0.5, 0.6) is 5.75 Å². The Bertz CT molecular complexity index is 1050. The summed E-state index contributed by atoms with van der Waals surface area (Å²) in [5.41, 5.74) is 1.62. The lowest BCUT2D eigenvalue weighted by Gasteiger charge is -2.27. The Morgan fingerprint density at radius 2 is 1.76 bits per heavy atom. The zero-order valence-corrected chi connectivity index (χ0v) is 19.4. The van der Waals surface area contributed by atoms with Gasteiger partial charge in [0, 0.05) is 24.8 Å². The van der Waals surface area contributed by atoms with Gasteiger partial charge in [-0.15, -0.1) is 0 Å². The Morgan fingerprint density at radius 1 is 0.970 bits per heavy atom. The van der Waals surface area contributed by atoms with Crippen molar-refractivity contribution in [1.82, 2.24) is 9.80 Å². The second-order valence-electron chi connectivity index (χ2n) is 7.83. The normalized spacial score (nSPS) is 10.5. The highest BCUT2D eigenvalue weighted by Gasteiger charge is 2.22. The van der Waals surface area contributed by atoms with Crippen LogP contribution in [0, 0.1) is 6.92 Å². The minimum Gasteiger partial charge on any atom is -0.497 e. The number of ether oxygens (including phenoxy) is 1. The van der Waals surface area contributed by atoms with Crippen LogP contribution in [0.4, 0.5) is 10.5 Å². The summed E-state index contributed by atoms with van der Waals surface area (Å²) in [5, 5.41) is 2.87. The molecule has 33 heavy (non-hydrogen) atoms. The van der Waals surface area contributed by atoms with Gasteiger partial charge in [-0.1, -0.05) is 43.3 Å². The van der Waals surface area contributed by atoms with Crippen molar-refractivity contribution < 1.29 is 18.7 Å². The van der Waals surface area contributed by atoms with Gasteiger partial charge in [-0.3, -0.25) is 4.79 Å². The molecule has 0 aliphatic heterocycles. The molecular formula is C26H31N3O4. The number of furan rings is 1. The van der Waals surface area contributed by atoms with Crippen molar-refractivity contribution in [3.63, 3.8) is 0 Å². The Kier molecular flexibility index (Phi) is 8.52. The van der Waals surface area contributed by atoms with Crippen LogP contribution in [0.3, 0.4) is 0 Å². The second-order valence-corrected chi connectivity index (χ2v) is 7.83. The van der Waals surface area contributed by atoms with E-state index >= 15 is 0 Å². The zero-order valence-electron chi connectivity index (χ0n) is 19.4. The Morgan fingerprint density at radius 3 is 2.42 bits per heavy atom. The van der Waals surface area contributed by atoms with Gasteiger partial charge in [0.05, 0.1) is 13.7 Å². The third-order valence-corrected chi connectivity index (χ3v) is 5.14. The first kappa shape index (κ1) is 23.9. The summed E-state index contributed by atoms with van der Waals surface area (Å²) in [6.07, 6.45) is 0.731. The predicted molar refractivity (Wildman–Crippen MR) is 128 cm³/mol. The van der Waals surface area contributed by atoms with Gasteiger partial charge in [0.1, 0.15) is 23.8 Å². The SMILES string of the molecule is CCCN(CC(=O)N(Cc1ccccc1)Cc1ccc(C)o1)C(=O)Nc1cccc(OC)c1. The molecule has 7 nitrogen and oxygen atoms in total. The zero-order chi connectivity index (χ0) is 23.6. The fraction of sp³-hybridized carbons (Fsp3) is 0.308. The summed E-state index contributed by atoms with van der Waals surface area (Å²) < 4.78 is 10.9. The topological polar surface area (TPSA) is 75.0 Å². The maximum absolute atomic E-state index is 13.3. The number of benzene rings is 2. The van der Waals surface area contributed by atoms with Gasteiger partial charge in [0.2, 0.25) is 5.91 Å². The first-order valence-electron chi connectivity index (χ1n) is 11.1. The largest absolute Gasteiger partial charge is 0.497 e. The van der Waals surface area contributed by atoms with E-state index in [4.69, 9.17) is 9.15 Å². The molecule has 7 heteroatoms. The number of amides is 3. The van der Waals surface area contributed by atoms with Crippen LogP contribution in [0.2, 0.25) is 0 Å². The number of hydrogen-bond donors (Lipinski definition) is 1. The van der Waals surface area contributed by atoms with Crippen LogP contribution in [-0.4, -0.2) is 41.9 Å². The molecule has 0 spiro atoms. The lowest BCUT2D eigenvalue weighted by molar-refractivity contribution is -0.133. The first-order valence-corrected chi connectivity index (χ1v) is 11.1.